The minimum absolute atomic E-state index is 0.0602. The van der Waals surface area contributed by atoms with Gasteiger partial charge in [-0.2, -0.15) is 15.2 Å². The summed E-state index contributed by atoms with van der Waals surface area (Å²) >= 11 is 6.00. The number of halogens is 1. The first kappa shape index (κ1) is 12.0. The van der Waals surface area contributed by atoms with Crippen LogP contribution in [0.5, 0.6) is 0 Å². The number of rotatable bonds is 2. The number of nitrogens with zero attached hydrogens (tertiary/aromatic N) is 3. The van der Waals surface area contributed by atoms with Crippen molar-refractivity contribution in [2.45, 2.75) is 0 Å². The van der Waals surface area contributed by atoms with Crippen molar-refractivity contribution in [3.05, 3.63) is 34.9 Å². The quantitative estimate of drug-likeness (QED) is 0.760. The van der Waals surface area contributed by atoms with Crippen LogP contribution in [0.3, 0.4) is 0 Å². The molecule has 0 fully saturated rings. The van der Waals surface area contributed by atoms with Gasteiger partial charge in [0, 0.05) is 6.07 Å². The molecule has 0 saturated carbocycles. The van der Waals surface area contributed by atoms with Gasteiger partial charge in [0.1, 0.15) is 11.6 Å². The van der Waals surface area contributed by atoms with Gasteiger partial charge >= 0.3 is 0 Å². The molecular weight excluding hydrogens is 252 g/mol. The number of benzene rings is 1. The van der Waals surface area contributed by atoms with Crippen LogP contribution in [0.4, 0.5) is 23.3 Å². The predicted octanol–water partition coefficient (Wildman–Crippen LogP) is 1.91. The fourth-order valence-corrected chi connectivity index (χ4v) is 1.54. The highest BCUT2D eigenvalue weighted by atomic mass is 35.5. The summed E-state index contributed by atoms with van der Waals surface area (Å²) in [5.74, 6) is 0.722. The lowest BCUT2D eigenvalue weighted by molar-refractivity contribution is 1.19. The lowest BCUT2D eigenvalue weighted by atomic mass is 10.2. The van der Waals surface area contributed by atoms with Crippen LogP contribution >= 0.6 is 11.6 Å². The second-order valence-corrected chi connectivity index (χ2v) is 3.87. The maximum absolute atomic E-state index is 8.82. The van der Waals surface area contributed by atoms with Gasteiger partial charge in [-0.1, -0.05) is 11.6 Å². The van der Waals surface area contributed by atoms with Crippen molar-refractivity contribution in [1.29, 1.82) is 5.26 Å². The summed E-state index contributed by atoms with van der Waals surface area (Å²) in [6.45, 7) is 0. The Hall–Kier alpha value is -2.52. The molecule has 1 aromatic heterocycles. The fraction of sp³-hybridized carbons (Fsp3) is 0. The zero-order chi connectivity index (χ0) is 13.1. The number of nitrogen functional groups attached to an aromatic ring is 2. The van der Waals surface area contributed by atoms with E-state index in [9.17, 15) is 0 Å². The Bertz CT molecular complexity index is 614. The smallest absolute Gasteiger partial charge is 0.223 e. The topological polar surface area (TPSA) is 114 Å². The zero-order valence-corrected chi connectivity index (χ0v) is 9.94. The van der Waals surface area contributed by atoms with Crippen LogP contribution < -0.4 is 16.8 Å². The molecule has 1 heterocycles. The van der Waals surface area contributed by atoms with Crippen molar-refractivity contribution < 1.29 is 0 Å². The number of nitrogens with one attached hydrogen (secondary N) is 1. The summed E-state index contributed by atoms with van der Waals surface area (Å²) in [6, 6.07) is 8.39. The molecule has 18 heavy (non-hydrogen) atoms. The van der Waals surface area contributed by atoms with E-state index in [0.29, 0.717) is 22.1 Å². The number of anilines is 4. The molecule has 2 aromatic rings. The molecule has 0 aliphatic rings. The van der Waals surface area contributed by atoms with Crippen LogP contribution in [0.25, 0.3) is 0 Å². The van der Waals surface area contributed by atoms with E-state index in [1.165, 1.54) is 6.07 Å². The molecule has 90 valence electrons. The molecular formula is C11H9ClN6. The van der Waals surface area contributed by atoms with Gasteiger partial charge in [-0.25, -0.2) is 0 Å². The predicted molar refractivity (Wildman–Crippen MR) is 70.3 cm³/mol. The number of hydrogen-bond acceptors (Lipinski definition) is 6. The minimum atomic E-state index is 0.0602. The molecule has 2 rings (SSSR count). The molecule has 1 aromatic carbocycles. The molecule has 0 bridgehead atoms. The summed E-state index contributed by atoms with van der Waals surface area (Å²) in [6.07, 6.45) is 0. The Balaban J connectivity index is 2.36. The van der Waals surface area contributed by atoms with Gasteiger partial charge in [0.05, 0.1) is 22.3 Å². The molecule has 0 spiro atoms. The Morgan fingerprint density at radius 2 is 2.00 bits per heavy atom. The third-order valence-electron chi connectivity index (χ3n) is 2.12. The number of hydrogen-bond donors (Lipinski definition) is 3. The highest BCUT2D eigenvalue weighted by molar-refractivity contribution is 6.33. The van der Waals surface area contributed by atoms with E-state index in [1.807, 2.05) is 6.07 Å². The molecule has 5 N–H and O–H groups in total. The first-order valence-electron chi connectivity index (χ1n) is 4.95. The third kappa shape index (κ3) is 2.59. The minimum Gasteiger partial charge on any atom is -0.383 e. The second kappa shape index (κ2) is 4.77. The molecule has 0 unspecified atom stereocenters. The highest BCUT2D eigenvalue weighted by Crippen LogP contribution is 2.26. The van der Waals surface area contributed by atoms with Crippen LogP contribution in [0.15, 0.2) is 24.3 Å². The van der Waals surface area contributed by atoms with E-state index in [1.54, 1.807) is 18.2 Å². The van der Waals surface area contributed by atoms with Crippen molar-refractivity contribution in [3.63, 3.8) is 0 Å². The van der Waals surface area contributed by atoms with Crippen LogP contribution in [0.2, 0.25) is 5.02 Å². The summed E-state index contributed by atoms with van der Waals surface area (Å²) in [4.78, 5) is 7.71. The normalized spacial score (nSPS) is 9.78. The van der Waals surface area contributed by atoms with Crippen molar-refractivity contribution >= 4 is 34.9 Å². The van der Waals surface area contributed by atoms with Crippen molar-refractivity contribution in [1.82, 2.24) is 9.97 Å². The molecule has 7 heteroatoms. The van der Waals surface area contributed by atoms with Crippen LogP contribution in [-0.2, 0) is 0 Å². The lowest BCUT2D eigenvalue weighted by Gasteiger charge is -2.08. The SMILES string of the molecule is N#Cc1ccc(Cl)c(Nc2cc(N)nc(N)n2)c1. The molecule has 0 aliphatic carbocycles. The van der Waals surface area contributed by atoms with Gasteiger partial charge < -0.3 is 16.8 Å². The van der Waals surface area contributed by atoms with Crippen LogP contribution in [-0.4, -0.2) is 9.97 Å². The highest BCUT2D eigenvalue weighted by Gasteiger charge is 2.05. The van der Waals surface area contributed by atoms with Crippen molar-refractivity contribution in [2.75, 3.05) is 16.8 Å². The van der Waals surface area contributed by atoms with E-state index in [-0.39, 0.29) is 11.8 Å². The summed E-state index contributed by atoms with van der Waals surface area (Å²) in [5.41, 5.74) is 12.1. The molecule has 0 aliphatic heterocycles. The molecule has 0 saturated heterocycles. The summed E-state index contributed by atoms with van der Waals surface area (Å²) in [7, 11) is 0. The van der Waals surface area contributed by atoms with Gasteiger partial charge in [-0.15, -0.1) is 0 Å². The lowest BCUT2D eigenvalue weighted by Crippen LogP contribution is -2.03. The average molecular weight is 261 g/mol. The molecule has 0 radical (unpaired) electrons. The van der Waals surface area contributed by atoms with E-state index in [4.69, 9.17) is 28.3 Å². The molecule has 0 atom stereocenters. The largest absolute Gasteiger partial charge is 0.383 e. The van der Waals surface area contributed by atoms with E-state index in [0.717, 1.165) is 0 Å². The number of aromatic nitrogens is 2. The van der Waals surface area contributed by atoms with Crippen LogP contribution in [0, 0.1) is 11.3 Å². The maximum atomic E-state index is 8.82. The number of nitriles is 1. The van der Waals surface area contributed by atoms with Gasteiger partial charge in [-0.05, 0) is 18.2 Å². The monoisotopic (exact) mass is 260 g/mol. The van der Waals surface area contributed by atoms with E-state index in [2.05, 4.69) is 15.3 Å². The van der Waals surface area contributed by atoms with Crippen molar-refractivity contribution in [3.8, 4) is 6.07 Å². The maximum Gasteiger partial charge on any atom is 0.223 e. The zero-order valence-electron chi connectivity index (χ0n) is 9.18. The summed E-state index contributed by atoms with van der Waals surface area (Å²) < 4.78 is 0. The fourth-order valence-electron chi connectivity index (χ4n) is 1.38. The standard InChI is InChI=1S/C11H9ClN6/c12-7-2-1-6(5-13)3-8(7)16-10-4-9(14)17-11(15)18-10/h1-4H,(H5,14,15,16,17,18). The molecule has 0 amide bonds. The second-order valence-electron chi connectivity index (χ2n) is 3.47. The van der Waals surface area contributed by atoms with Gasteiger partial charge in [-0.3, -0.25) is 0 Å². The van der Waals surface area contributed by atoms with Gasteiger partial charge in [0.25, 0.3) is 0 Å². The van der Waals surface area contributed by atoms with Crippen molar-refractivity contribution in [2.24, 2.45) is 0 Å². The van der Waals surface area contributed by atoms with Crippen LogP contribution in [0.1, 0.15) is 5.56 Å². The first-order valence-corrected chi connectivity index (χ1v) is 5.33. The molecule has 6 nitrogen and oxygen atoms in total. The van der Waals surface area contributed by atoms with Gasteiger partial charge in [0.15, 0.2) is 0 Å². The average Bonchev–Trinajstić information content (AvgIpc) is 2.30. The Labute approximate surface area is 108 Å². The Morgan fingerprint density at radius 1 is 1.22 bits per heavy atom. The van der Waals surface area contributed by atoms with E-state index < -0.39 is 0 Å². The van der Waals surface area contributed by atoms with Gasteiger partial charge in [0.2, 0.25) is 5.95 Å². The Kier molecular flexibility index (Phi) is 3.17. The Morgan fingerprint density at radius 3 is 2.67 bits per heavy atom. The van der Waals surface area contributed by atoms with E-state index >= 15 is 0 Å². The third-order valence-corrected chi connectivity index (χ3v) is 2.45. The summed E-state index contributed by atoms with van der Waals surface area (Å²) in [5, 5.41) is 12.2. The first-order chi connectivity index (χ1) is 8.58. The number of nitrogens with two attached hydrogens (primary N) is 2.